The summed E-state index contributed by atoms with van der Waals surface area (Å²) in [5.74, 6) is 0. The van der Waals surface area contributed by atoms with Gasteiger partial charge in [0.25, 0.3) is 0 Å². The molecule has 0 spiro atoms. The van der Waals surface area contributed by atoms with E-state index in [2.05, 4.69) is 125 Å². The summed E-state index contributed by atoms with van der Waals surface area (Å²) in [6, 6.07) is 49.0. The molecule has 4 nitrogen and oxygen atoms in total. The number of aromatic nitrogens is 4. The van der Waals surface area contributed by atoms with Crippen molar-refractivity contribution in [2.75, 3.05) is 0 Å². The first-order chi connectivity index (χ1) is 21.3. The van der Waals surface area contributed by atoms with Crippen LogP contribution < -0.4 is 0 Å². The van der Waals surface area contributed by atoms with E-state index in [0.29, 0.717) is 0 Å². The minimum Gasteiger partial charge on any atom is -0.309 e. The van der Waals surface area contributed by atoms with Gasteiger partial charge in [0, 0.05) is 44.6 Å². The zero-order valence-corrected chi connectivity index (χ0v) is 23.1. The Hall–Kier alpha value is -5.87. The molecule has 0 amide bonds. The predicted molar refractivity (Wildman–Crippen MR) is 178 cm³/mol. The lowest BCUT2D eigenvalue weighted by Gasteiger charge is -2.15. The van der Waals surface area contributed by atoms with E-state index in [1.165, 1.54) is 27.2 Å². The fourth-order valence-electron chi connectivity index (χ4n) is 6.47. The van der Waals surface area contributed by atoms with Gasteiger partial charge in [-0.2, -0.15) is 0 Å². The number of hydrogen-bond donors (Lipinski definition) is 0. The molecule has 0 saturated carbocycles. The maximum Gasteiger partial charge on any atom is 0.0894 e. The van der Waals surface area contributed by atoms with Crippen LogP contribution in [0.3, 0.4) is 0 Å². The van der Waals surface area contributed by atoms with E-state index < -0.39 is 0 Å². The Morgan fingerprint density at radius 2 is 1.19 bits per heavy atom. The average Bonchev–Trinajstić information content (AvgIpc) is 3.43. The van der Waals surface area contributed by atoms with Crippen LogP contribution in [-0.4, -0.2) is 19.5 Å². The van der Waals surface area contributed by atoms with Crippen LogP contribution in [0.15, 0.2) is 146 Å². The topological polar surface area (TPSA) is 43.6 Å². The molecular weight excluding hydrogens is 524 g/mol. The second-order valence-corrected chi connectivity index (χ2v) is 10.9. The SMILES string of the molecule is c1ccc(-c2nc3ccccc3c3ccc4c5ccccc5n(-c5ccc(-c6ccc7ncccc7n6)cc5)c4c23)cc1. The van der Waals surface area contributed by atoms with E-state index in [9.17, 15) is 0 Å². The lowest BCUT2D eigenvalue weighted by molar-refractivity contribution is 1.18. The van der Waals surface area contributed by atoms with E-state index in [-0.39, 0.29) is 0 Å². The summed E-state index contributed by atoms with van der Waals surface area (Å²) < 4.78 is 2.40. The molecule has 43 heavy (non-hydrogen) atoms. The molecule has 0 aliphatic carbocycles. The highest BCUT2D eigenvalue weighted by Crippen LogP contribution is 2.42. The van der Waals surface area contributed by atoms with Crippen molar-refractivity contribution in [1.29, 1.82) is 0 Å². The number of benzene rings is 5. The van der Waals surface area contributed by atoms with Gasteiger partial charge in [-0.05, 0) is 53.9 Å². The van der Waals surface area contributed by atoms with Crippen LogP contribution in [0.4, 0.5) is 0 Å². The van der Waals surface area contributed by atoms with Gasteiger partial charge in [-0.3, -0.25) is 4.98 Å². The van der Waals surface area contributed by atoms with Crippen LogP contribution in [0.1, 0.15) is 0 Å². The Morgan fingerprint density at radius 1 is 0.442 bits per heavy atom. The minimum atomic E-state index is 0.895. The molecule has 0 fully saturated rings. The van der Waals surface area contributed by atoms with Gasteiger partial charge in [0.15, 0.2) is 0 Å². The molecule has 0 N–H and O–H groups in total. The normalized spacial score (nSPS) is 11.7. The molecule has 200 valence electrons. The maximum absolute atomic E-state index is 5.28. The molecule has 0 radical (unpaired) electrons. The van der Waals surface area contributed by atoms with Crippen molar-refractivity contribution in [3.63, 3.8) is 0 Å². The van der Waals surface area contributed by atoms with Crippen LogP contribution in [0.2, 0.25) is 0 Å². The van der Waals surface area contributed by atoms with E-state index >= 15 is 0 Å². The summed E-state index contributed by atoms with van der Waals surface area (Å²) >= 11 is 0. The molecule has 4 heterocycles. The van der Waals surface area contributed by atoms with E-state index in [1.54, 1.807) is 6.20 Å². The number of para-hydroxylation sites is 2. The monoisotopic (exact) mass is 548 g/mol. The Kier molecular flexibility index (Phi) is 5.16. The third-order valence-corrected chi connectivity index (χ3v) is 8.42. The smallest absolute Gasteiger partial charge is 0.0894 e. The molecule has 0 aliphatic heterocycles. The highest BCUT2D eigenvalue weighted by Gasteiger charge is 2.20. The maximum atomic E-state index is 5.28. The lowest BCUT2D eigenvalue weighted by atomic mass is 9.97. The van der Waals surface area contributed by atoms with Crippen molar-refractivity contribution in [3.05, 3.63) is 146 Å². The summed E-state index contributed by atoms with van der Waals surface area (Å²) in [7, 11) is 0. The lowest BCUT2D eigenvalue weighted by Crippen LogP contribution is -1.97. The number of nitrogens with zero attached hydrogens (tertiary/aromatic N) is 4. The number of hydrogen-bond acceptors (Lipinski definition) is 3. The standard InChI is InChI=1S/C39H24N4/c1-2-9-26(10-3-1)38-37-30(28-11-4-6-13-33(28)42-38)20-21-31-29-12-5-7-15-36(29)43(39(31)37)27-18-16-25(17-19-27)32-22-23-34-35(41-32)14-8-24-40-34/h1-24H. The fraction of sp³-hybridized carbons (Fsp3) is 0. The highest BCUT2D eigenvalue weighted by molar-refractivity contribution is 6.25. The Bertz CT molecular complexity index is 2490. The number of pyridine rings is 3. The fourth-order valence-corrected chi connectivity index (χ4v) is 6.47. The van der Waals surface area contributed by atoms with Crippen molar-refractivity contribution < 1.29 is 0 Å². The second kappa shape index (κ2) is 9.33. The van der Waals surface area contributed by atoms with Crippen LogP contribution >= 0.6 is 0 Å². The summed E-state index contributed by atoms with van der Waals surface area (Å²) in [4.78, 5) is 14.6. The van der Waals surface area contributed by atoms with E-state index in [1.807, 2.05) is 24.3 Å². The van der Waals surface area contributed by atoms with Gasteiger partial charge in [-0.15, -0.1) is 0 Å². The molecule has 5 aromatic carbocycles. The zero-order chi connectivity index (χ0) is 28.3. The zero-order valence-electron chi connectivity index (χ0n) is 23.1. The molecule has 4 aromatic heterocycles. The first-order valence-electron chi connectivity index (χ1n) is 14.5. The van der Waals surface area contributed by atoms with Crippen molar-refractivity contribution in [3.8, 4) is 28.2 Å². The third kappa shape index (κ3) is 3.67. The largest absolute Gasteiger partial charge is 0.309 e. The second-order valence-electron chi connectivity index (χ2n) is 10.9. The van der Waals surface area contributed by atoms with Crippen molar-refractivity contribution >= 4 is 54.5 Å². The summed E-state index contributed by atoms with van der Waals surface area (Å²) in [6.07, 6.45) is 1.80. The van der Waals surface area contributed by atoms with Crippen LogP contribution in [0, 0.1) is 0 Å². The number of rotatable bonds is 3. The molecule has 9 rings (SSSR count). The van der Waals surface area contributed by atoms with Crippen molar-refractivity contribution in [2.24, 2.45) is 0 Å². The van der Waals surface area contributed by atoms with Gasteiger partial charge >= 0.3 is 0 Å². The van der Waals surface area contributed by atoms with Gasteiger partial charge in [0.05, 0.1) is 39.0 Å². The molecule has 4 heteroatoms. The molecule has 0 unspecified atom stereocenters. The van der Waals surface area contributed by atoms with Crippen LogP contribution in [0.5, 0.6) is 0 Å². The first kappa shape index (κ1) is 23.8. The molecule has 0 saturated heterocycles. The molecular formula is C39H24N4. The highest BCUT2D eigenvalue weighted by atomic mass is 15.0. The van der Waals surface area contributed by atoms with E-state index in [4.69, 9.17) is 9.97 Å². The van der Waals surface area contributed by atoms with Crippen LogP contribution in [0.25, 0.3) is 82.7 Å². The minimum absolute atomic E-state index is 0.895. The van der Waals surface area contributed by atoms with E-state index in [0.717, 1.165) is 55.5 Å². The van der Waals surface area contributed by atoms with Gasteiger partial charge in [0.2, 0.25) is 0 Å². The van der Waals surface area contributed by atoms with Gasteiger partial charge < -0.3 is 4.57 Å². The predicted octanol–water partition coefficient (Wildman–Crippen LogP) is 9.76. The van der Waals surface area contributed by atoms with Gasteiger partial charge in [-0.25, -0.2) is 9.97 Å². The molecule has 0 atom stereocenters. The number of fused-ring (bicyclic) bond motifs is 8. The average molecular weight is 549 g/mol. The summed E-state index contributed by atoms with van der Waals surface area (Å²) in [6.45, 7) is 0. The Balaban J connectivity index is 1.35. The molecule has 9 aromatic rings. The van der Waals surface area contributed by atoms with Crippen LogP contribution in [-0.2, 0) is 0 Å². The van der Waals surface area contributed by atoms with Gasteiger partial charge in [-0.1, -0.05) is 91.0 Å². The first-order valence-corrected chi connectivity index (χ1v) is 14.5. The third-order valence-electron chi connectivity index (χ3n) is 8.42. The van der Waals surface area contributed by atoms with Gasteiger partial charge in [0.1, 0.15) is 0 Å². The summed E-state index contributed by atoms with van der Waals surface area (Å²) in [5.41, 5.74) is 10.3. The molecule has 0 aliphatic rings. The molecule has 0 bridgehead atoms. The Morgan fingerprint density at radius 3 is 2.07 bits per heavy atom. The quantitative estimate of drug-likeness (QED) is 0.206. The summed E-state index contributed by atoms with van der Waals surface area (Å²) in [5, 5.41) is 5.95. The van der Waals surface area contributed by atoms with Crippen molar-refractivity contribution in [2.45, 2.75) is 0 Å². The van der Waals surface area contributed by atoms with Crippen molar-refractivity contribution in [1.82, 2.24) is 19.5 Å². The Labute approximate surface area is 247 Å².